The normalized spacial score (nSPS) is 11.5. The van der Waals surface area contributed by atoms with Crippen LogP contribution in [0.3, 0.4) is 0 Å². The van der Waals surface area contributed by atoms with E-state index in [2.05, 4.69) is 24.6 Å². The van der Waals surface area contributed by atoms with E-state index in [4.69, 9.17) is 4.42 Å². The van der Waals surface area contributed by atoms with Gasteiger partial charge in [-0.1, -0.05) is 30.3 Å². The monoisotopic (exact) mass is 486 g/mol. The molecule has 1 amide bonds. The summed E-state index contributed by atoms with van der Waals surface area (Å²) < 4.78 is 23.6. The quantitative estimate of drug-likeness (QED) is 0.375. The van der Waals surface area contributed by atoms with E-state index in [0.29, 0.717) is 23.0 Å². The molecule has 0 saturated carbocycles. The van der Waals surface area contributed by atoms with Gasteiger partial charge in [0.15, 0.2) is 11.5 Å². The Hall–Kier alpha value is -4.31. The Morgan fingerprint density at radius 3 is 2.60 bits per heavy atom. The van der Waals surface area contributed by atoms with Gasteiger partial charge in [0, 0.05) is 51.5 Å². The number of hydrogen-bond acceptors (Lipinski definition) is 7. The van der Waals surface area contributed by atoms with Gasteiger partial charge >= 0.3 is 0 Å². The third-order valence-electron chi connectivity index (χ3n) is 5.11. The van der Waals surface area contributed by atoms with Crippen molar-refractivity contribution in [2.75, 3.05) is 17.8 Å². The van der Waals surface area contributed by atoms with Crippen molar-refractivity contribution in [2.24, 2.45) is 4.36 Å². The number of amides is 1. The van der Waals surface area contributed by atoms with Crippen molar-refractivity contribution >= 4 is 32.8 Å². The van der Waals surface area contributed by atoms with Crippen LogP contribution in [-0.2, 0) is 9.73 Å². The lowest BCUT2D eigenvalue weighted by Crippen LogP contribution is -2.13. The second kappa shape index (κ2) is 8.80. The number of aryl methyl sites for hydroxylation is 1. The molecule has 0 radical (unpaired) electrons. The van der Waals surface area contributed by atoms with E-state index >= 15 is 0 Å². The first kappa shape index (κ1) is 22.5. The summed E-state index contributed by atoms with van der Waals surface area (Å²) in [6, 6.07) is 15.1. The Bertz CT molecular complexity index is 1670. The maximum atomic E-state index is 13.1. The van der Waals surface area contributed by atoms with E-state index in [1.165, 1.54) is 6.26 Å². The second-order valence-electron chi connectivity index (χ2n) is 8.28. The first-order valence-electron chi connectivity index (χ1n) is 10.7. The first-order chi connectivity index (χ1) is 16.7. The number of aromatic nitrogens is 4. The number of anilines is 1. The molecular formula is C25H22N6O3S. The highest BCUT2D eigenvalue weighted by molar-refractivity contribution is 7.92. The third kappa shape index (κ3) is 4.97. The maximum Gasteiger partial charge on any atom is 0.277 e. The van der Waals surface area contributed by atoms with Crippen LogP contribution in [0, 0.1) is 6.92 Å². The summed E-state index contributed by atoms with van der Waals surface area (Å²) in [4.78, 5) is 26.1. The molecule has 0 aliphatic carbocycles. The summed E-state index contributed by atoms with van der Waals surface area (Å²) in [5.74, 6) is 0.275. The second-order valence-corrected chi connectivity index (χ2v) is 10.8. The molecule has 4 heterocycles. The first-order valence-corrected chi connectivity index (χ1v) is 13.0. The molecule has 176 valence electrons. The van der Waals surface area contributed by atoms with Crippen LogP contribution < -0.4 is 5.32 Å². The van der Waals surface area contributed by atoms with Crippen LogP contribution in [0.2, 0.25) is 0 Å². The number of oxazole rings is 1. The minimum Gasteiger partial charge on any atom is -0.444 e. The van der Waals surface area contributed by atoms with E-state index in [9.17, 15) is 9.00 Å². The molecule has 1 aromatic carbocycles. The summed E-state index contributed by atoms with van der Waals surface area (Å²) in [7, 11) is -2.37. The van der Waals surface area contributed by atoms with Gasteiger partial charge in [-0.05, 0) is 30.7 Å². The average molecular weight is 487 g/mol. The van der Waals surface area contributed by atoms with Crippen LogP contribution >= 0.6 is 0 Å². The fraction of sp³-hybridized carbons (Fsp3) is 0.120. The van der Waals surface area contributed by atoms with Crippen LogP contribution in [0.1, 0.15) is 16.2 Å². The summed E-state index contributed by atoms with van der Waals surface area (Å²) in [5.41, 5.74) is 4.53. The average Bonchev–Trinajstić information content (AvgIpc) is 3.45. The van der Waals surface area contributed by atoms with Gasteiger partial charge in [-0.25, -0.2) is 14.2 Å². The molecule has 0 spiro atoms. The fourth-order valence-corrected chi connectivity index (χ4v) is 4.16. The number of carbonyl (C=O) groups is 1. The van der Waals surface area contributed by atoms with Gasteiger partial charge in [0.25, 0.3) is 5.91 Å². The lowest BCUT2D eigenvalue weighted by atomic mass is 10.1. The van der Waals surface area contributed by atoms with Crippen LogP contribution in [-0.4, -0.2) is 42.0 Å². The number of nitrogens with zero attached hydrogens (tertiary/aromatic N) is 5. The smallest absolute Gasteiger partial charge is 0.277 e. The third-order valence-corrected chi connectivity index (χ3v) is 5.73. The van der Waals surface area contributed by atoms with Gasteiger partial charge in [0.1, 0.15) is 11.9 Å². The molecule has 0 aliphatic heterocycles. The van der Waals surface area contributed by atoms with Gasteiger partial charge in [0.05, 0.1) is 11.9 Å². The van der Waals surface area contributed by atoms with Gasteiger partial charge in [-0.3, -0.25) is 9.78 Å². The Balaban J connectivity index is 1.53. The van der Waals surface area contributed by atoms with E-state index < -0.39 is 15.6 Å². The summed E-state index contributed by atoms with van der Waals surface area (Å²) in [5, 5.41) is 2.94. The summed E-state index contributed by atoms with van der Waals surface area (Å²) >= 11 is 0. The van der Waals surface area contributed by atoms with Crippen LogP contribution in [0.15, 0.2) is 82.2 Å². The van der Waals surface area contributed by atoms with Crippen molar-refractivity contribution in [1.82, 2.24) is 19.4 Å². The van der Waals surface area contributed by atoms with E-state index in [-0.39, 0.29) is 5.69 Å². The Kier molecular flexibility index (Phi) is 5.65. The summed E-state index contributed by atoms with van der Waals surface area (Å²) in [6.07, 6.45) is 9.52. The minimum atomic E-state index is -2.37. The maximum absolute atomic E-state index is 13.1. The molecule has 5 rings (SSSR count). The number of carbonyl (C=O) groups excluding carboxylic acids is 1. The Morgan fingerprint density at radius 2 is 1.86 bits per heavy atom. The fourth-order valence-electron chi connectivity index (χ4n) is 3.62. The largest absolute Gasteiger partial charge is 0.444 e. The molecule has 0 atom stereocenters. The highest BCUT2D eigenvalue weighted by Gasteiger charge is 2.17. The van der Waals surface area contributed by atoms with Gasteiger partial charge in [0.2, 0.25) is 5.89 Å². The van der Waals surface area contributed by atoms with E-state index in [1.54, 1.807) is 41.6 Å². The Morgan fingerprint density at radius 1 is 1.06 bits per heavy atom. The number of hydrogen-bond donors (Lipinski definition) is 1. The SMILES string of the molecule is Cc1cc(-c2nc(C(=O)Nc3cn4cc(N=S(C)(C)=O)nc4cc3-c3ccccc3)co2)ccn1. The van der Waals surface area contributed by atoms with Crippen molar-refractivity contribution < 1.29 is 13.4 Å². The molecule has 9 nitrogen and oxygen atoms in total. The minimum absolute atomic E-state index is 0.145. The van der Waals surface area contributed by atoms with Crippen molar-refractivity contribution in [3.63, 3.8) is 0 Å². The number of rotatable bonds is 5. The summed E-state index contributed by atoms with van der Waals surface area (Å²) in [6.45, 7) is 1.87. The van der Waals surface area contributed by atoms with Crippen LogP contribution in [0.25, 0.3) is 28.2 Å². The molecule has 5 aromatic rings. The lowest BCUT2D eigenvalue weighted by molar-refractivity contribution is 0.102. The molecule has 0 fully saturated rings. The number of nitrogens with one attached hydrogen (secondary N) is 1. The van der Waals surface area contributed by atoms with Crippen molar-refractivity contribution in [3.05, 3.63) is 84.8 Å². The van der Waals surface area contributed by atoms with E-state index in [0.717, 1.165) is 22.4 Å². The molecule has 0 aliphatic rings. The van der Waals surface area contributed by atoms with Gasteiger partial charge in [-0.15, -0.1) is 0 Å². The topological polar surface area (TPSA) is 115 Å². The van der Waals surface area contributed by atoms with Crippen LogP contribution in [0.5, 0.6) is 0 Å². The van der Waals surface area contributed by atoms with Crippen LogP contribution in [0.4, 0.5) is 11.5 Å². The number of fused-ring (bicyclic) bond motifs is 1. The molecule has 4 aromatic heterocycles. The number of imidazole rings is 1. The zero-order chi connectivity index (χ0) is 24.6. The standard InChI is InChI=1S/C25H22N6O3S/c1-16-11-18(9-10-26-16)25-28-21(15-34-25)24(32)27-20-13-31-14-22(30-35(2,3)33)29-23(31)12-19(20)17-7-5-4-6-8-17/h4-15H,1-3H3,(H,27,32). The van der Waals surface area contributed by atoms with E-state index in [1.807, 2.05) is 49.4 Å². The predicted octanol–water partition coefficient (Wildman–Crippen LogP) is 4.97. The predicted molar refractivity (Wildman–Crippen MR) is 135 cm³/mol. The molecule has 0 bridgehead atoms. The molecule has 0 saturated heterocycles. The molecule has 10 heteroatoms. The molecule has 1 N–H and O–H groups in total. The van der Waals surface area contributed by atoms with Crippen molar-refractivity contribution in [3.8, 4) is 22.6 Å². The zero-order valence-electron chi connectivity index (χ0n) is 19.3. The van der Waals surface area contributed by atoms with Crippen molar-refractivity contribution in [2.45, 2.75) is 6.92 Å². The molecular weight excluding hydrogens is 464 g/mol. The van der Waals surface area contributed by atoms with Gasteiger partial charge in [-0.2, -0.15) is 4.36 Å². The number of pyridine rings is 2. The molecule has 35 heavy (non-hydrogen) atoms. The highest BCUT2D eigenvalue weighted by atomic mass is 32.2. The molecule has 0 unspecified atom stereocenters. The van der Waals surface area contributed by atoms with Gasteiger partial charge < -0.3 is 14.1 Å². The highest BCUT2D eigenvalue weighted by Crippen LogP contribution is 2.31. The zero-order valence-corrected chi connectivity index (χ0v) is 20.1. The number of benzene rings is 1. The lowest BCUT2D eigenvalue weighted by Gasteiger charge is -2.11. The Labute approximate surface area is 202 Å². The van der Waals surface area contributed by atoms with Crippen molar-refractivity contribution in [1.29, 1.82) is 0 Å².